The van der Waals surface area contributed by atoms with Crippen LogP contribution >= 0.6 is 11.3 Å². The normalized spacial score (nSPS) is 14.8. The molecule has 0 amide bonds. The predicted molar refractivity (Wildman–Crippen MR) is 66.7 cm³/mol. The van der Waals surface area contributed by atoms with E-state index in [1.807, 2.05) is 38.3 Å². The van der Waals surface area contributed by atoms with E-state index in [0.717, 1.165) is 21.6 Å². The monoisotopic (exact) mass is 233 g/mol. The maximum Gasteiger partial charge on any atom is 0.123 e. The van der Waals surface area contributed by atoms with Crippen molar-refractivity contribution < 1.29 is 5.11 Å². The molecule has 0 radical (unpaired) electrons. The van der Waals surface area contributed by atoms with Crippen LogP contribution in [0.25, 0.3) is 0 Å². The van der Waals surface area contributed by atoms with Crippen molar-refractivity contribution in [2.75, 3.05) is 0 Å². The molecule has 0 saturated heterocycles. The fourth-order valence-corrected chi connectivity index (χ4v) is 2.83. The Kier molecular flexibility index (Phi) is 2.82. The van der Waals surface area contributed by atoms with Crippen LogP contribution in [0.2, 0.25) is 0 Å². The number of thiophene rings is 1. The fraction of sp³-hybridized carbons (Fsp3) is 0.308. The van der Waals surface area contributed by atoms with Crippen molar-refractivity contribution in [1.29, 1.82) is 0 Å². The van der Waals surface area contributed by atoms with E-state index in [0.29, 0.717) is 0 Å². The van der Waals surface area contributed by atoms with Crippen LogP contribution in [0.1, 0.15) is 28.5 Å². The molecule has 84 valence electrons. The van der Waals surface area contributed by atoms with E-state index in [1.165, 1.54) is 0 Å². The molecule has 2 aromatic heterocycles. The first-order chi connectivity index (χ1) is 7.51. The van der Waals surface area contributed by atoms with E-state index in [2.05, 4.69) is 4.98 Å². The highest BCUT2D eigenvalue weighted by Gasteiger charge is 2.28. The maximum atomic E-state index is 10.6. The van der Waals surface area contributed by atoms with Gasteiger partial charge in [-0.1, -0.05) is 0 Å². The number of hydrogen-bond donors (Lipinski definition) is 1. The molecule has 16 heavy (non-hydrogen) atoms. The Balaban J connectivity index is 2.51. The van der Waals surface area contributed by atoms with Crippen molar-refractivity contribution in [2.45, 2.75) is 26.4 Å². The third kappa shape index (κ3) is 1.88. The van der Waals surface area contributed by atoms with Crippen molar-refractivity contribution >= 4 is 11.3 Å². The Morgan fingerprint density at radius 2 is 2.06 bits per heavy atom. The summed E-state index contributed by atoms with van der Waals surface area (Å²) < 4.78 is 0. The number of rotatable bonds is 2. The van der Waals surface area contributed by atoms with E-state index in [-0.39, 0.29) is 0 Å². The lowest BCUT2D eigenvalue weighted by Crippen LogP contribution is -2.22. The first-order valence-corrected chi connectivity index (χ1v) is 6.09. The molecule has 0 aliphatic heterocycles. The van der Waals surface area contributed by atoms with E-state index in [9.17, 15) is 5.11 Å². The van der Waals surface area contributed by atoms with E-state index >= 15 is 0 Å². The molecule has 1 N–H and O–H groups in total. The highest BCUT2D eigenvalue weighted by Crippen LogP contribution is 2.34. The summed E-state index contributed by atoms with van der Waals surface area (Å²) in [5.74, 6) is 0. The number of pyridine rings is 1. The predicted octanol–water partition coefficient (Wildman–Crippen LogP) is 3.02. The third-order valence-corrected chi connectivity index (χ3v) is 3.97. The van der Waals surface area contributed by atoms with Gasteiger partial charge in [0.25, 0.3) is 0 Å². The van der Waals surface area contributed by atoms with Crippen LogP contribution in [0.15, 0.2) is 29.9 Å². The molecule has 3 heteroatoms. The van der Waals surface area contributed by atoms with Crippen LogP contribution in [-0.4, -0.2) is 10.1 Å². The minimum Gasteiger partial charge on any atom is -0.380 e. The van der Waals surface area contributed by atoms with E-state index < -0.39 is 5.60 Å². The standard InChI is InChI=1S/C13H15NOS/c1-9-6-11(8-14-7-9)13(3,15)12-10(2)4-5-16-12/h4-8,15H,1-3H3. The molecule has 1 unspecified atom stereocenters. The lowest BCUT2D eigenvalue weighted by Gasteiger charge is -2.23. The zero-order chi connectivity index (χ0) is 11.8. The Bertz CT molecular complexity index is 502. The van der Waals surface area contributed by atoms with Gasteiger partial charge in [-0.2, -0.15) is 0 Å². The fourth-order valence-electron chi connectivity index (χ4n) is 1.82. The summed E-state index contributed by atoms with van der Waals surface area (Å²) in [6.07, 6.45) is 3.52. The highest BCUT2D eigenvalue weighted by atomic mass is 32.1. The van der Waals surface area contributed by atoms with Crippen LogP contribution in [0.4, 0.5) is 0 Å². The second-order valence-electron chi connectivity index (χ2n) is 4.26. The van der Waals surface area contributed by atoms with Crippen LogP contribution in [0, 0.1) is 13.8 Å². The largest absolute Gasteiger partial charge is 0.380 e. The summed E-state index contributed by atoms with van der Waals surface area (Å²) in [5, 5.41) is 12.6. The number of aryl methyl sites for hydroxylation is 2. The number of hydrogen-bond acceptors (Lipinski definition) is 3. The lowest BCUT2D eigenvalue weighted by atomic mass is 9.93. The minimum atomic E-state index is -0.947. The molecule has 0 fully saturated rings. The molecule has 0 aliphatic rings. The molecule has 2 rings (SSSR count). The summed E-state index contributed by atoms with van der Waals surface area (Å²) in [4.78, 5) is 5.12. The van der Waals surface area contributed by atoms with Gasteiger partial charge in [-0.05, 0) is 49.4 Å². The first-order valence-electron chi connectivity index (χ1n) is 5.21. The molecule has 0 aliphatic carbocycles. The zero-order valence-electron chi connectivity index (χ0n) is 9.69. The van der Waals surface area contributed by atoms with Gasteiger partial charge in [0.05, 0.1) is 0 Å². The van der Waals surface area contributed by atoms with E-state index in [1.54, 1.807) is 23.7 Å². The third-order valence-electron chi connectivity index (χ3n) is 2.74. The van der Waals surface area contributed by atoms with Gasteiger partial charge in [0, 0.05) is 22.8 Å². The van der Waals surface area contributed by atoms with Gasteiger partial charge in [0.1, 0.15) is 5.60 Å². The van der Waals surface area contributed by atoms with Crippen LogP contribution in [0.3, 0.4) is 0 Å². The number of aromatic nitrogens is 1. The van der Waals surface area contributed by atoms with Gasteiger partial charge in [-0.25, -0.2) is 0 Å². The van der Waals surface area contributed by atoms with E-state index in [4.69, 9.17) is 0 Å². The van der Waals surface area contributed by atoms with Gasteiger partial charge >= 0.3 is 0 Å². The first kappa shape index (κ1) is 11.3. The molecule has 1 atom stereocenters. The van der Waals surface area contributed by atoms with Crippen molar-refractivity contribution in [3.8, 4) is 0 Å². The highest BCUT2D eigenvalue weighted by molar-refractivity contribution is 7.10. The Labute approximate surface area is 99.6 Å². The Morgan fingerprint density at radius 1 is 1.31 bits per heavy atom. The molecule has 2 nitrogen and oxygen atoms in total. The van der Waals surface area contributed by atoms with Crippen LogP contribution < -0.4 is 0 Å². The average Bonchev–Trinajstić information content (AvgIpc) is 2.65. The smallest absolute Gasteiger partial charge is 0.123 e. The second kappa shape index (κ2) is 4.00. The van der Waals surface area contributed by atoms with Crippen molar-refractivity contribution in [3.63, 3.8) is 0 Å². The van der Waals surface area contributed by atoms with Gasteiger partial charge in [0.15, 0.2) is 0 Å². The zero-order valence-corrected chi connectivity index (χ0v) is 10.5. The van der Waals surface area contributed by atoms with Gasteiger partial charge < -0.3 is 5.11 Å². The SMILES string of the molecule is Cc1cncc(C(C)(O)c2sccc2C)c1. The molecule has 0 saturated carbocycles. The van der Waals surface area contributed by atoms with Crippen molar-refractivity contribution in [1.82, 2.24) is 4.98 Å². The van der Waals surface area contributed by atoms with Gasteiger partial charge in [-0.3, -0.25) is 4.98 Å². The molecule has 0 aromatic carbocycles. The Hall–Kier alpha value is -1.19. The maximum absolute atomic E-state index is 10.6. The second-order valence-corrected chi connectivity index (χ2v) is 5.17. The summed E-state index contributed by atoms with van der Waals surface area (Å²) in [5.41, 5.74) is 2.08. The number of aliphatic hydroxyl groups is 1. The molecular weight excluding hydrogens is 218 g/mol. The quantitative estimate of drug-likeness (QED) is 0.865. The molecule has 2 aromatic rings. The molecule has 0 spiro atoms. The topological polar surface area (TPSA) is 33.1 Å². The molecular formula is C13H15NOS. The lowest BCUT2D eigenvalue weighted by molar-refractivity contribution is 0.105. The molecule has 0 bridgehead atoms. The van der Waals surface area contributed by atoms with Gasteiger partial charge in [-0.15, -0.1) is 11.3 Å². The average molecular weight is 233 g/mol. The van der Waals surface area contributed by atoms with Crippen LogP contribution in [0.5, 0.6) is 0 Å². The van der Waals surface area contributed by atoms with Crippen LogP contribution in [-0.2, 0) is 5.60 Å². The summed E-state index contributed by atoms with van der Waals surface area (Å²) in [7, 11) is 0. The Morgan fingerprint density at radius 3 is 2.62 bits per heavy atom. The number of nitrogens with zero attached hydrogens (tertiary/aromatic N) is 1. The van der Waals surface area contributed by atoms with Crippen molar-refractivity contribution in [3.05, 3.63) is 51.5 Å². The van der Waals surface area contributed by atoms with Gasteiger partial charge in [0.2, 0.25) is 0 Å². The van der Waals surface area contributed by atoms with Crippen molar-refractivity contribution in [2.24, 2.45) is 0 Å². The summed E-state index contributed by atoms with van der Waals surface area (Å²) >= 11 is 1.58. The molecule has 2 heterocycles. The minimum absolute atomic E-state index is 0.845. The summed E-state index contributed by atoms with van der Waals surface area (Å²) in [6, 6.07) is 4.00. The summed E-state index contributed by atoms with van der Waals surface area (Å²) in [6.45, 7) is 5.82.